The summed E-state index contributed by atoms with van der Waals surface area (Å²) in [4.78, 5) is 4.29. The van der Waals surface area contributed by atoms with Crippen molar-refractivity contribution in [2.24, 2.45) is 0 Å². The topological polar surface area (TPSA) is 54.5 Å². The van der Waals surface area contributed by atoms with E-state index in [1.807, 2.05) is 24.3 Å². The first-order valence-corrected chi connectivity index (χ1v) is 6.80. The number of hydrogen-bond donors (Lipinski definition) is 0. The van der Waals surface area contributed by atoms with Gasteiger partial charge in [0, 0.05) is 24.2 Å². The van der Waals surface area contributed by atoms with Gasteiger partial charge in [0.25, 0.3) is 0 Å². The Bertz CT molecular complexity index is 769. The van der Waals surface area contributed by atoms with Gasteiger partial charge in [0.15, 0.2) is 5.82 Å². The second-order valence-corrected chi connectivity index (χ2v) is 4.73. The maximum atomic E-state index is 8.97. The molecule has 0 spiro atoms. The summed E-state index contributed by atoms with van der Waals surface area (Å²) in [6, 6.07) is 17.9. The lowest BCUT2D eigenvalue weighted by atomic mass is 10.1. The largest absolute Gasteiger partial charge is 0.237 e. The lowest BCUT2D eigenvalue weighted by Gasteiger charge is -2.07. The van der Waals surface area contributed by atoms with Crippen LogP contribution in [0.15, 0.2) is 60.9 Å². The van der Waals surface area contributed by atoms with E-state index in [-0.39, 0.29) is 0 Å². The average Bonchev–Trinajstić information content (AvgIpc) is 3.02. The number of hydrogen-bond acceptors (Lipinski definition) is 3. The maximum absolute atomic E-state index is 8.97. The highest BCUT2D eigenvalue weighted by Gasteiger charge is 2.07. The molecule has 4 nitrogen and oxygen atoms in total. The van der Waals surface area contributed by atoms with Crippen LogP contribution >= 0.6 is 0 Å². The predicted molar refractivity (Wildman–Crippen MR) is 79.9 cm³/mol. The van der Waals surface area contributed by atoms with Crippen LogP contribution in [0.2, 0.25) is 0 Å². The van der Waals surface area contributed by atoms with Crippen molar-refractivity contribution in [1.82, 2.24) is 14.8 Å². The number of pyridine rings is 1. The average molecular weight is 274 g/mol. The van der Waals surface area contributed by atoms with Gasteiger partial charge in [-0.1, -0.05) is 30.3 Å². The molecule has 0 bridgehead atoms. The zero-order chi connectivity index (χ0) is 14.5. The van der Waals surface area contributed by atoms with Crippen LogP contribution in [0, 0.1) is 11.3 Å². The molecular weight excluding hydrogens is 260 g/mol. The van der Waals surface area contributed by atoms with E-state index in [2.05, 4.69) is 28.3 Å². The molecule has 102 valence electrons. The van der Waals surface area contributed by atoms with Crippen LogP contribution in [0.5, 0.6) is 0 Å². The summed E-state index contributed by atoms with van der Waals surface area (Å²) in [5.74, 6) is 0.683. The van der Waals surface area contributed by atoms with Crippen LogP contribution in [-0.4, -0.2) is 14.8 Å². The number of nitrogens with zero attached hydrogens (tertiary/aromatic N) is 4. The van der Waals surface area contributed by atoms with Crippen molar-refractivity contribution < 1.29 is 0 Å². The quantitative estimate of drug-likeness (QED) is 0.735. The SMILES string of the molecule is N#Cc1ccnc(-n2nccc2CCc2ccccc2)c1. The molecule has 0 aliphatic rings. The smallest absolute Gasteiger partial charge is 0.154 e. The van der Waals surface area contributed by atoms with E-state index >= 15 is 0 Å². The van der Waals surface area contributed by atoms with E-state index in [1.165, 1.54) is 5.56 Å². The summed E-state index contributed by atoms with van der Waals surface area (Å²) in [5.41, 5.74) is 2.97. The van der Waals surface area contributed by atoms with Gasteiger partial charge in [0.1, 0.15) is 0 Å². The molecule has 2 aromatic heterocycles. The highest BCUT2D eigenvalue weighted by atomic mass is 15.3. The zero-order valence-corrected chi connectivity index (χ0v) is 11.5. The van der Waals surface area contributed by atoms with Crippen LogP contribution in [0.1, 0.15) is 16.8 Å². The fourth-order valence-corrected chi connectivity index (χ4v) is 2.25. The highest BCUT2D eigenvalue weighted by Crippen LogP contribution is 2.12. The summed E-state index contributed by atoms with van der Waals surface area (Å²) >= 11 is 0. The molecule has 1 aromatic carbocycles. The predicted octanol–water partition coefficient (Wildman–Crippen LogP) is 2.92. The lowest BCUT2D eigenvalue weighted by molar-refractivity contribution is 0.766. The van der Waals surface area contributed by atoms with Gasteiger partial charge in [0.05, 0.1) is 11.6 Å². The second-order valence-electron chi connectivity index (χ2n) is 4.73. The van der Waals surface area contributed by atoms with Crippen LogP contribution in [0.4, 0.5) is 0 Å². The number of aryl methyl sites for hydroxylation is 2. The first kappa shape index (κ1) is 13.1. The maximum Gasteiger partial charge on any atom is 0.154 e. The van der Waals surface area contributed by atoms with E-state index in [1.54, 1.807) is 29.2 Å². The fourth-order valence-electron chi connectivity index (χ4n) is 2.25. The Morgan fingerprint density at radius 3 is 2.67 bits per heavy atom. The minimum atomic E-state index is 0.588. The van der Waals surface area contributed by atoms with E-state index < -0.39 is 0 Å². The Hall–Kier alpha value is -2.93. The fraction of sp³-hybridized carbons (Fsp3) is 0.118. The molecule has 4 heteroatoms. The lowest BCUT2D eigenvalue weighted by Crippen LogP contribution is -2.05. The van der Waals surface area contributed by atoms with E-state index in [4.69, 9.17) is 5.26 Å². The van der Waals surface area contributed by atoms with Crippen molar-refractivity contribution in [1.29, 1.82) is 5.26 Å². The van der Waals surface area contributed by atoms with Crippen LogP contribution in [0.25, 0.3) is 5.82 Å². The van der Waals surface area contributed by atoms with Crippen LogP contribution in [0.3, 0.4) is 0 Å². The van der Waals surface area contributed by atoms with Crippen molar-refractivity contribution in [3.63, 3.8) is 0 Å². The molecule has 21 heavy (non-hydrogen) atoms. The Morgan fingerprint density at radius 1 is 1.00 bits per heavy atom. The standard InChI is InChI=1S/C17H14N4/c18-13-15-8-10-19-17(12-15)21-16(9-11-20-21)7-6-14-4-2-1-3-5-14/h1-5,8-12H,6-7H2. The number of benzene rings is 1. The summed E-state index contributed by atoms with van der Waals surface area (Å²) in [6.07, 6.45) is 5.23. The monoisotopic (exact) mass is 274 g/mol. The van der Waals surface area contributed by atoms with Crippen molar-refractivity contribution in [3.8, 4) is 11.9 Å². The van der Waals surface area contributed by atoms with Crippen LogP contribution in [-0.2, 0) is 12.8 Å². The number of rotatable bonds is 4. The van der Waals surface area contributed by atoms with E-state index in [9.17, 15) is 0 Å². The van der Waals surface area contributed by atoms with Crippen LogP contribution < -0.4 is 0 Å². The van der Waals surface area contributed by atoms with Gasteiger partial charge in [0.2, 0.25) is 0 Å². The van der Waals surface area contributed by atoms with Gasteiger partial charge < -0.3 is 0 Å². The Kier molecular flexibility index (Phi) is 3.74. The third kappa shape index (κ3) is 2.98. The van der Waals surface area contributed by atoms with Gasteiger partial charge in [-0.2, -0.15) is 10.4 Å². The normalized spacial score (nSPS) is 10.2. The van der Waals surface area contributed by atoms with Gasteiger partial charge in [-0.15, -0.1) is 0 Å². The summed E-state index contributed by atoms with van der Waals surface area (Å²) in [7, 11) is 0. The van der Waals surface area contributed by atoms with Crippen molar-refractivity contribution in [2.75, 3.05) is 0 Å². The summed E-state index contributed by atoms with van der Waals surface area (Å²) in [5, 5.41) is 13.3. The minimum absolute atomic E-state index is 0.588. The van der Waals surface area contributed by atoms with Crippen molar-refractivity contribution in [3.05, 3.63) is 77.7 Å². The molecule has 0 N–H and O–H groups in total. The van der Waals surface area contributed by atoms with E-state index in [0.29, 0.717) is 11.4 Å². The molecule has 0 aliphatic carbocycles. The summed E-state index contributed by atoms with van der Waals surface area (Å²) < 4.78 is 1.80. The third-order valence-electron chi connectivity index (χ3n) is 3.33. The van der Waals surface area contributed by atoms with Gasteiger partial charge in [-0.3, -0.25) is 0 Å². The van der Waals surface area contributed by atoms with Gasteiger partial charge in [-0.05, 0) is 30.5 Å². The molecular formula is C17H14N4. The molecule has 3 aromatic rings. The van der Waals surface area contributed by atoms with Gasteiger partial charge >= 0.3 is 0 Å². The number of nitriles is 1. The highest BCUT2D eigenvalue weighted by molar-refractivity contribution is 5.36. The first-order chi connectivity index (χ1) is 10.4. The van der Waals surface area contributed by atoms with Gasteiger partial charge in [-0.25, -0.2) is 9.67 Å². The van der Waals surface area contributed by atoms with E-state index in [0.717, 1.165) is 18.5 Å². The molecule has 0 aliphatic heterocycles. The Morgan fingerprint density at radius 2 is 1.86 bits per heavy atom. The molecule has 0 radical (unpaired) electrons. The second kappa shape index (κ2) is 6.02. The summed E-state index contributed by atoms with van der Waals surface area (Å²) in [6.45, 7) is 0. The first-order valence-electron chi connectivity index (χ1n) is 6.80. The molecule has 3 rings (SSSR count). The zero-order valence-electron chi connectivity index (χ0n) is 11.5. The van der Waals surface area contributed by atoms with Crippen molar-refractivity contribution >= 4 is 0 Å². The minimum Gasteiger partial charge on any atom is -0.237 e. The molecule has 0 fully saturated rings. The number of aromatic nitrogens is 3. The van der Waals surface area contributed by atoms with Crippen molar-refractivity contribution in [2.45, 2.75) is 12.8 Å². The molecule has 0 saturated heterocycles. The molecule has 0 amide bonds. The molecule has 0 atom stereocenters. The molecule has 0 unspecified atom stereocenters. The molecule has 2 heterocycles. The third-order valence-corrected chi connectivity index (χ3v) is 3.33. The molecule has 0 saturated carbocycles. The Labute approximate surface area is 123 Å². The Balaban J connectivity index is 1.82.